The van der Waals surface area contributed by atoms with Crippen LogP contribution in [0, 0.1) is 0 Å². The van der Waals surface area contributed by atoms with Gasteiger partial charge in [0.2, 0.25) is 0 Å². The zero-order valence-corrected chi connectivity index (χ0v) is 22.6. The van der Waals surface area contributed by atoms with Crippen LogP contribution >= 0.6 is 0 Å². The molecular weight excluding hydrogens is 480 g/mol. The molecule has 3 aromatic carbocycles. The van der Waals surface area contributed by atoms with Gasteiger partial charge in [0.05, 0.1) is 13.1 Å². The molecule has 1 unspecified atom stereocenters. The van der Waals surface area contributed by atoms with Crippen LogP contribution in [-0.4, -0.2) is 53.0 Å². The molecular formula is C30H39N4O4+. The van der Waals surface area contributed by atoms with E-state index in [4.69, 9.17) is 10.5 Å². The number of likely N-dealkylation sites (N-methyl/N-ethyl adjacent to an activating group) is 1. The summed E-state index contributed by atoms with van der Waals surface area (Å²) in [6.45, 7) is 5.91. The summed E-state index contributed by atoms with van der Waals surface area (Å²) in [6, 6.07) is 25.4. The minimum Gasteiger partial charge on any atom is -0.444 e. The van der Waals surface area contributed by atoms with Crippen molar-refractivity contribution in [2.24, 2.45) is 0 Å². The quantitative estimate of drug-likeness (QED) is 0.183. The largest absolute Gasteiger partial charge is 0.444 e. The first-order valence-electron chi connectivity index (χ1n) is 12.7. The van der Waals surface area contributed by atoms with Crippen molar-refractivity contribution in [3.05, 3.63) is 102 Å². The van der Waals surface area contributed by atoms with Gasteiger partial charge in [-0.25, -0.2) is 9.39 Å². The van der Waals surface area contributed by atoms with Crippen LogP contribution in [0.1, 0.15) is 42.3 Å². The van der Waals surface area contributed by atoms with Gasteiger partial charge in [0.25, 0.3) is 5.91 Å². The third-order valence-corrected chi connectivity index (χ3v) is 5.97. The fourth-order valence-corrected chi connectivity index (χ4v) is 4.23. The van der Waals surface area contributed by atoms with Crippen molar-refractivity contribution >= 4 is 17.7 Å². The first-order valence-corrected chi connectivity index (χ1v) is 12.7. The Balaban J connectivity index is 1.86. The Labute approximate surface area is 225 Å². The third-order valence-electron chi connectivity index (χ3n) is 5.97. The third kappa shape index (κ3) is 9.21. The molecule has 0 radical (unpaired) electrons. The van der Waals surface area contributed by atoms with Crippen LogP contribution in [-0.2, 0) is 17.7 Å². The van der Waals surface area contributed by atoms with Crippen molar-refractivity contribution in [2.75, 3.05) is 19.3 Å². The highest BCUT2D eigenvalue weighted by Gasteiger charge is 2.34. The lowest BCUT2D eigenvalue weighted by molar-refractivity contribution is -0.958. The predicted molar refractivity (Wildman–Crippen MR) is 149 cm³/mol. The molecule has 8 heteroatoms. The van der Waals surface area contributed by atoms with Gasteiger partial charge in [0.1, 0.15) is 24.8 Å². The SMILES string of the molecule is CC(C)(C)OC(=O)N[C@@H](Cc1ccccc1)[C@@H](O)C[N+](C)(Cc1ccccc1)NC(=O)c1ccc(N)cc1. The van der Waals surface area contributed by atoms with Crippen molar-refractivity contribution in [3.63, 3.8) is 0 Å². The minimum absolute atomic E-state index is 0.00429. The highest BCUT2D eigenvalue weighted by molar-refractivity contribution is 5.93. The predicted octanol–water partition coefficient (Wildman–Crippen LogP) is 4.06. The molecule has 0 spiro atoms. The van der Waals surface area contributed by atoms with E-state index < -0.39 is 23.8 Å². The van der Waals surface area contributed by atoms with E-state index in [9.17, 15) is 14.7 Å². The van der Waals surface area contributed by atoms with Gasteiger partial charge in [-0.1, -0.05) is 60.7 Å². The monoisotopic (exact) mass is 519 g/mol. The van der Waals surface area contributed by atoms with E-state index in [-0.39, 0.29) is 17.0 Å². The Morgan fingerprint density at radius 1 is 0.921 bits per heavy atom. The van der Waals surface area contributed by atoms with Crippen LogP contribution in [0.25, 0.3) is 0 Å². The normalized spacial score (nSPS) is 14.6. The number of aliphatic hydroxyl groups excluding tert-OH is 1. The molecule has 0 aromatic heterocycles. The topological polar surface area (TPSA) is 114 Å². The van der Waals surface area contributed by atoms with E-state index in [1.807, 2.05) is 67.7 Å². The molecule has 2 amide bonds. The summed E-state index contributed by atoms with van der Waals surface area (Å²) in [6.07, 6.45) is -1.23. The van der Waals surface area contributed by atoms with Crippen LogP contribution in [0.15, 0.2) is 84.9 Å². The number of ether oxygens (including phenoxy) is 1. The fraction of sp³-hybridized carbons (Fsp3) is 0.333. The second-order valence-electron chi connectivity index (χ2n) is 10.8. The lowest BCUT2D eigenvalue weighted by atomic mass is 10.0. The summed E-state index contributed by atoms with van der Waals surface area (Å²) in [5.41, 5.74) is 11.1. The number of nitrogens with zero attached hydrogens (tertiary/aromatic N) is 1. The first-order chi connectivity index (χ1) is 17.9. The molecule has 0 bridgehead atoms. The van der Waals surface area contributed by atoms with Crippen LogP contribution in [0.2, 0.25) is 0 Å². The van der Waals surface area contributed by atoms with Crippen molar-refractivity contribution < 1.29 is 24.0 Å². The number of carbonyl (C=O) groups excluding carboxylic acids is 2. The maximum atomic E-state index is 13.2. The molecule has 0 saturated heterocycles. The van der Waals surface area contributed by atoms with E-state index in [1.54, 1.807) is 45.0 Å². The molecule has 0 fully saturated rings. The highest BCUT2D eigenvalue weighted by Crippen LogP contribution is 2.16. The summed E-state index contributed by atoms with van der Waals surface area (Å²) in [5, 5.41) is 14.3. The molecule has 5 N–H and O–H groups in total. The fourth-order valence-electron chi connectivity index (χ4n) is 4.23. The van der Waals surface area contributed by atoms with Gasteiger partial charge in [-0.05, 0) is 57.0 Å². The number of aliphatic hydroxyl groups is 1. The molecule has 0 aliphatic heterocycles. The van der Waals surface area contributed by atoms with Crippen LogP contribution in [0.5, 0.6) is 0 Å². The molecule has 0 aliphatic carbocycles. The number of hydrogen-bond donors (Lipinski definition) is 4. The van der Waals surface area contributed by atoms with Gasteiger partial charge >= 0.3 is 6.09 Å². The van der Waals surface area contributed by atoms with Crippen molar-refractivity contribution in [3.8, 4) is 0 Å². The molecule has 202 valence electrons. The summed E-state index contributed by atoms with van der Waals surface area (Å²) in [5.74, 6) is -0.296. The van der Waals surface area contributed by atoms with Crippen LogP contribution < -0.4 is 16.5 Å². The molecule has 3 rings (SSSR count). The summed E-state index contributed by atoms with van der Waals surface area (Å²) in [7, 11) is 1.85. The number of nitrogens with two attached hydrogens (primary N) is 1. The molecule has 8 nitrogen and oxygen atoms in total. The average Bonchev–Trinajstić information content (AvgIpc) is 2.84. The summed E-state index contributed by atoms with van der Waals surface area (Å²) < 4.78 is 5.46. The Bertz CT molecular complexity index is 1180. The number of nitrogens with one attached hydrogen (secondary N) is 2. The Hall–Kier alpha value is -3.88. The maximum absolute atomic E-state index is 13.2. The zero-order valence-electron chi connectivity index (χ0n) is 22.6. The second kappa shape index (κ2) is 12.6. The van der Waals surface area contributed by atoms with Gasteiger partial charge in [-0.15, -0.1) is 0 Å². The number of quaternary nitrogens is 1. The van der Waals surface area contributed by atoms with Gasteiger partial charge in [-0.3, -0.25) is 4.79 Å². The van der Waals surface area contributed by atoms with E-state index in [0.29, 0.717) is 24.2 Å². The van der Waals surface area contributed by atoms with E-state index in [1.165, 1.54) is 0 Å². The van der Waals surface area contributed by atoms with Gasteiger partial charge in [0, 0.05) is 16.8 Å². The average molecular weight is 520 g/mol. The maximum Gasteiger partial charge on any atom is 0.407 e. The van der Waals surface area contributed by atoms with Gasteiger partial charge in [-0.2, -0.15) is 5.43 Å². The van der Waals surface area contributed by atoms with Crippen LogP contribution in [0.3, 0.4) is 0 Å². The number of anilines is 1. The lowest BCUT2D eigenvalue weighted by Gasteiger charge is -2.37. The standard InChI is InChI=1S/C30H38N4O4/c1-30(2,3)38-29(37)32-26(19-22-11-7-5-8-12-22)27(35)21-34(4,20-23-13-9-6-10-14-23)33-28(36)24-15-17-25(31)18-16-24/h5-18,26-27,35H,19-21H2,1-4H3,(H3-,31,32,33,36,37)/p+1/t26-,27-,34?/m0/s1. The Morgan fingerprint density at radius 3 is 2.03 bits per heavy atom. The molecule has 3 aromatic rings. The first kappa shape index (κ1) is 28.7. The van der Waals surface area contributed by atoms with Gasteiger partial charge < -0.3 is 20.9 Å². The number of alkyl carbamates (subject to hydrolysis) is 1. The zero-order chi connectivity index (χ0) is 27.8. The smallest absolute Gasteiger partial charge is 0.407 e. The number of rotatable bonds is 10. The number of carbonyl (C=O) groups is 2. The lowest BCUT2D eigenvalue weighted by Crippen LogP contribution is -2.62. The number of benzene rings is 3. The minimum atomic E-state index is -1.01. The van der Waals surface area contributed by atoms with Gasteiger partial charge in [0.15, 0.2) is 0 Å². The molecule has 0 saturated carbocycles. The highest BCUT2D eigenvalue weighted by atomic mass is 16.6. The number of hydrogen-bond acceptors (Lipinski definition) is 5. The molecule has 38 heavy (non-hydrogen) atoms. The van der Waals surface area contributed by atoms with Crippen molar-refractivity contribution in [2.45, 2.75) is 51.5 Å². The van der Waals surface area contributed by atoms with E-state index in [0.717, 1.165) is 11.1 Å². The van der Waals surface area contributed by atoms with Crippen molar-refractivity contribution in [1.29, 1.82) is 0 Å². The molecule has 0 heterocycles. The van der Waals surface area contributed by atoms with E-state index >= 15 is 0 Å². The second-order valence-corrected chi connectivity index (χ2v) is 10.8. The Morgan fingerprint density at radius 2 is 1.47 bits per heavy atom. The summed E-state index contributed by atoms with van der Waals surface area (Å²) in [4.78, 5) is 25.9. The van der Waals surface area contributed by atoms with Crippen molar-refractivity contribution in [1.82, 2.24) is 10.7 Å². The number of nitrogen functional groups attached to an aromatic ring is 1. The Kier molecular flexibility index (Phi) is 9.50. The molecule has 3 atom stereocenters. The number of amides is 2. The summed E-state index contributed by atoms with van der Waals surface area (Å²) >= 11 is 0. The van der Waals surface area contributed by atoms with Crippen LogP contribution in [0.4, 0.5) is 10.5 Å². The van der Waals surface area contributed by atoms with E-state index in [2.05, 4.69) is 10.7 Å². The molecule has 0 aliphatic rings.